The number of methoxy groups -OCH3 is 1. The molecule has 0 N–H and O–H groups in total. The second-order valence-electron chi connectivity index (χ2n) is 4.06. The van der Waals surface area contributed by atoms with Gasteiger partial charge in [0, 0.05) is 12.0 Å². The average molecular weight is 281 g/mol. The Morgan fingerprint density at radius 1 is 1.21 bits per heavy atom. The molecule has 4 heteroatoms. The lowest BCUT2D eigenvalue weighted by Crippen LogP contribution is -2.00. The summed E-state index contributed by atoms with van der Waals surface area (Å²) in [6.07, 6.45) is 0.990. The van der Waals surface area contributed by atoms with Crippen LogP contribution in [0.25, 0.3) is 11.0 Å². The van der Waals surface area contributed by atoms with Crippen molar-refractivity contribution in [2.45, 2.75) is 40.0 Å². The lowest BCUT2D eigenvalue weighted by atomic mass is 10.1. The smallest absolute Gasteiger partial charge is 0.151 e. The molecule has 1 aromatic heterocycles. The van der Waals surface area contributed by atoms with Crippen LogP contribution in [0.2, 0.25) is 5.15 Å². The molecule has 1 aromatic carbocycles. The molecule has 1 heterocycles. The van der Waals surface area contributed by atoms with Gasteiger partial charge in [0.05, 0.1) is 23.8 Å². The van der Waals surface area contributed by atoms with Gasteiger partial charge in [0.25, 0.3) is 0 Å². The largest absolute Gasteiger partial charge is 0.497 e. The summed E-state index contributed by atoms with van der Waals surface area (Å²) in [5.74, 6) is 1.09. The number of benzene rings is 1. The maximum Gasteiger partial charge on any atom is 0.151 e. The van der Waals surface area contributed by atoms with Gasteiger partial charge >= 0.3 is 0 Å². The molecule has 0 aliphatic heterocycles. The first-order chi connectivity index (χ1) is 9.15. The van der Waals surface area contributed by atoms with Crippen molar-refractivity contribution in [1.29, 1.82) is 0 Å². The van der Waals surface area contributed by atoms with Crippen molar-refractivity contribution >= 4 is 22.6 Å². The molecule has 0 saturated carbocycles. The van der Waals surface area contributed by atoms with E-state index >= 15 is 0 Å². The van der Waals surface area contributed by atoms with E-state index in [9.17, 15) is 0 Å². The van der Waals surface area contributed by atoms with Crippen LogP contribution in [0.15, 0.2) is 18.2 Å². The van der Waals surface area contributed by atoms with E-state index < -0.39 is 0 Å². The van der Waals surface area contributed by atoms with Crippen LogP contribution in [0, 0.1) is 0 Å². The summed E-state index contributed by atoms with van der Waals surface area (Å²) in [6, 6.07) is 5.61. The molecule has 0 aliphatic rings. The summed E-state index contributed by atoms with van der Waals surface area (Å²) in [7, 11) is 1.64. The van der Waals surface area contributed by atoms with Crippen molar-refractivity contribution in [2.75, 3.05) is 7.11 Å². The van der Waals surface area contributed by atoms with Crippen LogP contribution in [0.4, 0.5) is 0 Å². The zero-order valence-corrected chi connectivity index (χ0v) is 13.0. The molecule has 0 aliphatic carbocycles. The maximum absolute atomic E-state index is 6.15. The fourth-order valence-electron chi connectivity index (χ4n) is 1.66. The molecular formula is C15H21ClN2O. The Labute approximate surface area is 120 Å². The minimum absolute atomic E-state index is 0.311. The summed E-state index contributed by atoms with van der Waals surface area (Å²) in [5, 5.41) is 0.497. The maximum atomic E-state index is 6.15. The number of nitrogens with zero attached hydrogens (tertiary/aromatic N) is 2. The lowest BCUT2D eigenvalue weighted by molar-refractivity contribution is 0.415. The Balaban J connectivity index is 0.000000861. The predicted octanol–water partition coefficient (Wildman–Crippen LogP) is 4.83. The first-order valence-electron chi connectivity index (χ1n) is 6.67. The first-order valence-corrected chi connectivity index (χ1v) is 7.04. The zero-order chi connectivity index (χ0) is 14.4. The lowest BCUT2D eigenvalue weighted by Gasteiger charge is -2.11. The van der Waals surface area contributed by atoms with E-state index in [4.69, 9.17) is 16.3 Å². The van der Waals surface area contributed by atoms with E-state index in [1.807, 2.05) is 32.0 Å². The third-order valence-electron chi connectivity index (χ3n) is 2.93. The molecule has 0 spiro atoms. The van der Waals surface area contributed by atoms with Crippen LogP contribution in [0.1, 0.15) is 45.7 Å². The second kappa shape index (κ2) is 7.29. The highest BCUT2D eigenvalue weighted by Gasteiger charge is 2.12. The number of hydrogen-bond donors (Lipinski definition) is 0. The van der Waals surface area contributed by atoms with Gasteiger partial charge in [-0.1, -0.05) is 39.3 Å². The molecule has 1 unspecified atom stereocenters. The molecule has 2 aromatic rings. The van der Waals surface area contributed by atoms with E-state index in [0.717, 1.165) is 28.9 Å². The number of aromatic nitrogens is 2. The van der Waals surface area contributed by atoms with Gasteiger partial charge in [0.15, 0.2) is 5.15 Å². The molecule has 0 saturated heterocycles. The van der Waals surface area contributed by atoms with E-state index in [0.29, 0.717) is 11.1 Å². The van der Waals surface area contributed by atoms with Crippen molar-refractivity contribution in [2.24, 2.45) is 0 Å². The van der Waals surface area contributed by atoms with Crippen molar-refractivity contribution in [3.8, 4) is 5.75 Å². The van der Waals surface area contributed by atoms with Crippen molar-refractivity contribution in [3.63, 3.8) is 0 Å². The highest BCUT2D eigenvalue weighted by atomic mass is 35.5. The SMILES string of the molecule is CC.CCC(C)c1nc2cc(OC)ccc2nc1Cl. The highest BCUT2D eigenvalue weighted by Crippen LogP contribution is 2.27. The molecular weight excluding hydrogens is 260 g/mol. The summed E-state index contributed by atoms with van der Waals surface area (Å²) in [4.78, 5) is 8.95. The molecule has 3 nitrogen and oxygen atoms in total. The number of ether oxygens (including phenoxy) is 1. The monoisotopic (exact) mass is 280 g/mol. The third-order valence-corrected chi connectivity index (χ3v) is 3.21. The van der Waals surface area contributed by atoms with Crippen LogP contribution in [-0.4, -0.2) is 17.1 Å². The predicted molar refractivity (Wildman–Crippen MR) is 81.2 cm³/mol. The minimum Gasteiger partial charge on any atom is -0.497 e. The fraction of sp³-hybridized carbons (Fsp3) is 0.467. The molecule has 1 atom stereocenters. The van der Waals surface area contributed by atoms with Gasteiger partial charge in [0.2, 0.25) is 0 Å². The van der Waals surface area contributed by atoms with Crippen LogP contribution >= 0.6 is 11.6 Å². The van der Waals surface area contributed by atoms with Gasteiger partial charge in [-0.3, -0.25) is 0 Å². The Morgan fingerprint density at radius 3 is 2.47 bits per heavy atom. The number of fused-ring (bicyclic) bond motifs is 1. The summed E-state index contributed by atoms with van der Waals surface area (Å²) >= 11 is 6.15. The van der Waals surface area contributed by atoms with E-state index in [-0.39, 0.29) is 0 Å². The van der Waals surface area contributed by atoms with E-state index in [2.05, 4.69) is 23.8 Å². The molecule has 0 radical (unpaired) electrons. The van der Waals surface area contributed by atoms with Crippen molar-refractivity contribution < 1.29 is 4.74 Å². The third kappa shape index (κ3) is 3.57. The van der Waals surface area contributed by atoms with Gasteiger partial charge in [-0.15, -0.1) is 0 Å². The van der Waals surface area contributed by atoms with E-state index in [1.54, 1.807) is 7.11 Å². The Hall–Kier alpha value is -1.35. The molecule has 104 valence electrons. The van der Waals surface area contributed by atoms with Crippen LogP contribution in [0.5, 0.6) is 5.75 Å². The van der Waals surface area contributed by atoms with Gasteiger partial charge in [-0.05, 0) is 18.6 Å². The van der Waals surface area contributed by atoms with Crippen molar-refractivity contribution in [3.05, 3.63) is 29.0 Å². The normalized spacial score (nSPS) is 11.7. The molecule has 0 fully saturated rings. The van der Waals surface area contributed by atoms with Crippen LogP contribution < -0.4 is 4.74 Å². The van der Waals surface area contributed by atoms with Gasteiger partial charge in [-0.25, -0.2) is 9.97 Å². The fourth-order valence-corrected chi connectivity index (χ4v) is 1.98. The molecule has 2 rings (SSSR count). The number of halogens is 1. The quantitative estimate of drug-likeness (QED) is 0.807. The standard InChI is InChI=1S/C13H15ClN2O.C2H6/c1-4-8(2)12-13(14)16-10-6-5-9(17-3)7-11(10)15-12;1-2/h5-8H,4H2,1-3H3;1-2H3. The van der Waals surface area contributed by atoms with Gasteiger partial charge in [0.1, 0.15) is 5.75 Å². The number of hydrogen-bond acceptors (Lipinski definition) is 3. The van der Waals surface area contributed by atoms with Gasteiger partial charge < -0.3 is 4.74 Å². The Morgan fingerprint density at radius 2 is 1.89 bits per heavy atom. The topological polar surface area (TPSA) is 35.0 Å². The molecule has 0 bridgehead atoms. The Bertz CT molecular complexity index is 543. The average Bonchev–Trinajstić information content (AvgIpc) is 2.47. The van der Waals surface area contributed by atoms with Crippen LogP contribution in [-0.2, 0) is 0 Å². The Kier molecular flexibility index (Phi) is 6.03. The second-order valence-corrected chi connectivity index (χ2v) is 4.42. The molecule has 19 heavy (non-hydrogen) atoms. The highest BCUT2D eigenvalue weighted by molar-refractivity contribution is 6.30. The summed E-state index contributed by atoms with van der Waals surface area (Å²) in [6.45, 7) is 8.21. The zero-order valence-electron chi connectivity index (χ0n) is 12.2. The van der Waals surface area contributed by atoms with E-state index in [1.165, 1.54) is 0 Å². The number of rotatable bonds is 3. The van der Waals surface area contributed by atoms with Crippen LogP contribution in [0.3, 0.4) is 0 Å². The summed E-state index contributed by atoms with van der Waals surface area (Å²) < 4.78 is 5.18. The first kappa shape index (κ1) is 15.7. The summed E-state index contributed by atoms with van der Waals surface area (Å²) in [5.41, 5.74) is 2.47. The van der Waals surface area contributed by atoms with Gasteiger partial charge in [-0.2, -0.15) is 0 Å². The van der Waals surface area contributed by atoms with Crippen molar-refractivity contribution in [1.82, 2.24) is 9.97 Å². The minimum atomic E-state index is 0.311. The molecule has 0 amide bonds.